The van der Waals surface area contributed by atoms with Gasteiger partial charge in [0.05, 0.1) is 0 Å². The van der Waals surface area contributed by atoms with Crippen LogP contribution in [-0.4, -0.2) is 14.5 Å². The molecule has 0 fully saturated rings. The van der Waals surface area contributed by atoms with Crippen molar-refractivity contribution < 1.29 is 4.42 Å². The number of rotatable bonds is 4. The van der Waals surface area contributed by atoms with Crippen LogP contribution >= 0.6 is 0 Å². The van der Waals surface area contributed by atoms with Crippen molar-refractivity contribution in [2.45, 2.75) is 0 Å². The number of fused-ring (bicyclic) bond motifs is 12. The van der Waals surface area contributed by atoms with Crippen molar-refractivity contribution in [1.29, 1.82) is 0 Å². The van der Waals surface area contributed by atoms with Crippen LogP contribution in [0.15, 0.2) is 223 Å². The molecule has 0 amide bonds. The fraction of sp³-hybridized carbons (Fsp3) is 0. The van der Waals surface area contributed by atoms with Gasteiger partial charge in [0.15, 0.2) is 0 Å². The fourth-order valence-corrected chi connectivity index (χ4v) is 13.2. The van der Waals surface area contributed by atoms with E-state index in [1.165, 1.54) is 112 Å². The van der Waals surface area contributed by atoms with E-state index in [9.17, 15) is 0 Å². The van der Waals surface area contributed by atoms with Crippen molar-refractivity contribution in [2.24, 2.45) is 0 Å². The van der Waals surface area contributed by atoms with E-state index in [1.807, 2.05) is 0 Å². The Balaban J connectivity index is 0.945. The average molecular weight is 876 g/mol. The quantitative estimate of drug-likeness (QED) is 0.127. The average Bonchev–Trinajstić information content (AvgIpc) is 3.92. The van der Waals surface area contributed by atoms with E-state index >= 15 is 0 Å². The summed E-state index contributed by atoms with van der Waals surface area (Å²) in [6, 6.07) is 80.9. The normalized spacial score (nSPS) is 12.1. The third kappa shape index (κ3) is 5.25. The number of furan rings is 1. The molecule has 1 nitrogen and oxygen atoms in total. The van der Waals surface area contributed by atoms with E-state index in [0.29, 0.717) is 0 Å². The zero-order valence-corrected chi connectivity index (χ0v) is 36.3. The van der Waals surface area contributed by atoms with Crippen LogP contribution in [0.1, 0.15) is 0 Å². The second-order valence-electron chi connectivity index (χ2n) is 17.0. The van der Waals surface area contributed by atoms with Crippen LogP contribution in [0, 0.1) is 0 Å². The van der Waals surface area contributed by atoms with Crippen LogP contribution in [0.2, 0.25) is 0 Å². The van der Waals surface area contributed by atoms with E-state index in [4.69, 9.17) is 4.42 Å². The summed E-state index contributed by atoms with van der Waals surface area (Å²) in [5.41, 5.74) is 12.0. The third-order valence-electron chi connectivity index (χ3n) is 13.6. The van der Waals surface area contributed by atoms with Gasteiger partial charge >= 0.3 is 320 Å². The SMILES string of the molecule is c1ccc(-c2c3ccccc3c(-c3ccc4c(c3)[se]c3ccc(-c5c6ccccc6c(-c6ccc7oc8c9ccccc9ccc8c7c6)c6ccccc56)cc34)c3ccccc23)cc1. The Labute approximate surface area is 374 Å². The minimum atomic E-state index is 0.185. The summed E-state index contributed by atoms with van der Waals surface area (Å²) in [6.45, 7) is 0. The molecule has 0 unspecified atom stereocenters. The van der Waals surface area contributed by atoms with Crippen molar-refractivity contribution >= 4 is 110 Å². The maximum atomic E-state index is 6.55. The predicted molar refractivity (Wildman–Crippen MR) is 275 cm³/mol. The molecule has 2 heteroatoms. The molecule has 0 bridgehead atoms. The summed E-state index contributed by atoms with van der Waals surface area (Å²) in [6.07, 6.45) is 0. The summed E-state index contributed by atoms with van der Waals surface area (Å²) in [5.74, 6) is 0. The van der Waals surface area contributed by atoms with Crippen LogP contribution in [0.3, 0.4) is 0 Å². The first-order valence-corrected chi connectivity index (χ1v) is 23.7. The monoisotopic (exact) mass is 876 g/mol. The molecule has 14 aromatic rings. The Kier molecular flexibility index (Phi) is 7.77. The molecule has 0 N–H and O–H groups in total. The zero-order valence-electron chi connectivity index (χ0n) is 34.6. The van der Waals surface area contributed by atoms with Gasteiger partial charge in [0.25, 0.3) is 0 Å². The molecule has 296 valence electrons. The molecular formula is C62H36OSe. The van der Waals surface area contributed by atoms with E-state index in [-0.39, 0.29) is 14.5 Å². The summed E-state index contributed by atoms with van der Waals surface area (Å²) >= 11 is 0.185. The standard InChI is InChI=1S/C62H36OSe/c1-2-15-38(16-3-1)58-44-18-6-8-20-46(44)61(47-21-9-7-19-45(47)58)41-27-30-43-54-35-40(29-33-56(54)64-57(43)36-41)60-50-24-12-10-22-48(50)59(49-23-11-13-25-51(49)60)39-28-32-55-53(34-39)52-31-26-37-14-4-5-17-42(37)62(52)63-55/h1-36H. The van der Waals surface area contributed by atoms with E-state index in [1.54, 1.807) is 0 Å². The van der Waals surface area contributed by atoms with Gasteiger partial charge in [0, 0.05) is 5.39 Å². The van der Waals surface area contributed by atoms with Gasteiger partial charge in [-0.15, -0.1) is 0 Å². The first-order chi connectivity index (χ1) is 31.7. The van der Waals surface area contributed by atoms with E-state index < -0.39 is 0 Å². The summed E-state index contributed by atoms with van der Waals surface area (Å²) in [5, 5.41) is 17.5. The Hall–Kier alpha value is -7.74. The Morgan fingerprint density at radius 3 is 1.27 bits per heavy atom. The number of hydrogen-bond donors (Lipinski definition) is 0. The van der Waals surface area contributed by atoms with Gasteiger partial charge in [-0.25, -0.2) is 0 Å². The third-order valence-corrected chi connectivity index (χ3v) is 16.0. The molecule has 2 heterocycles. The van der Waals surface area contributed by atoms with Gasteiger partial charge in [-0.05, 0) is 11.5 Å². The van der Waals surface area contributed by atoms with Crippen molar-refractivity contribution in [1.82, 2.24) is 0 Å². The predicted octanol–water partition coefficient (Wildman–Crippen LogP) is 17.4. The topological polar surface area (TPSA) is 13.1 Å². The molecule has 0 radical (unpaired) electrons. The van der Waals surface area contributed by atoms with Crippen molar-refractivity contribution in [3.05, 3.63) is 218 Å². The first kappa shape index (κ1) is 35.8. The first-order valence-electron chi connectivity index (χ1n) is 22.0. The van der Waals surface area contributed by atoms with Crippen LogP contribution in [0.25, 0.3) is 140 Å². The van der Waals surface area contributed by atoms with Gasteiger partial charge < -0.3 is 4.42 Å². The van der Waals surface area contributed by atoms with Crippen molar-refractivity contribution in [2.75, 3.05) is 0 Å². The molecule has 14 rings (SSSR count). The molecule has 64 heavy (non-hydrogen) atoms. The minimum absolute atomic E-state index is 0.185. The summed E-state index contributed by atoms with van der Waals surface area (Å²) in [4.78, 5) is 0. The van der Waals surface area contributed by atoms with Gasteiger partial charge in [-0.1, -0.05) is 30.3 Å². The van der Waals surface area contributed by atoms with Crippen molar-refractivity contribution in [3.8, 4) is 44.5 Å². The molecule has 0 saturated heterocycles. The second kappa shape index (κ2) is 13.9. The molecule has 2 aromatic heterocycles. The summed E-state index contributed by atoms with van der Waals surface area (Å²) < 4.78 is 9.44. The molecule has 12 aromatic carbocycles. The van der Waals surface area contributed by atoms with E-state index in [0.717, 1.165) is 27.3 Å². The molecule has 0 aliphatic carbocycles. The molecule has 0 spiro atoms. The Bertz CT molecular complexity index is 4130. The van der Waals surface area contributed by atoms with Crippen molar-refractivity contribution in [3.63, 3.8) is 0 Å². The van der Waals surface area contributed by atoms with Gasteiger partial charge in [-0.3, -0.25) is 0 Å². The van der Waals surface area contributed by atoms with Crippen LogP contribution < -0.4 is 0 Å². The van der Waals surface area contributed by atoms with Gasteiger partial charge in [-0.2, -0.15) is 0 Å². The molecule has 0 atom stereocenters. The van der Waals surface area contributed by atoms with Crippen LogP contribution in [0.5, 0.6) is 0 Å². The van der Waals surface area contributed by atoms with E-state index in [2.05, 4.69) is 218 Å². The Morgan fingerprint density at radius 2 is 0.688 bits per heavy atom. The molecular weight excluding hydrogens is 840 g/mol. The maximum absolute atomic E-state index is 6.55. The molecule has 0 aliphatic rings. The molecule has 0 aliphatic heterocycles. The van der Waals surface area contributed by atoms with Gasteiger partial charge in [0.2, 0.25) is 0 Å². The summed E-state index contributed by atoms with van der Waals surface area (Å²) in [7, 11) is 0. The number of hydrogen-bond acceptors (Lipinski definition) is 1. The fourth-order valence-electron chi connectivity index (χ4n) is 10.9. The van der Waals surface area contributed by atoms with Crippen LogP contribution in [-0.2, 0) is 0 Å². The Morgan fingerprint density at radius 1 is 0.250 bits per heavy atom. The van der Waals surface area contributed by atoms with Crippen LogP contribution in [0.4, 0.5) is 0 Å². The number of benzene rings is 12. The zero-order chi connectivity index (χ0) is 41.9. The van der Waals surface area contributed by atoms with Gasteiger partial charge in [0.1, 0.15) is 5.58 Å². The second-order valence-corrected chi connectivity index (χ2v) is 19.3. The molecule has 0 saturated carbocycles.